The lowest BCUT2D eigenvalue weighted by Crippen LogP contribution is -2.29. The Morgan fingerprint density at radius 3 is 2.50 bits per heavy atom. The SMILES string of the molecule is COC(=O)c1ccccc1N(C)C(=O)c1nnn(-c2ccc(Cl)cc2)n1. The lowest BCUT2D eigenvalue weighted by molar-refractivity contribution is 0.0601. The molecule has 0 aliphatic carbocycles. The lowest BCUT2D eigenvalue weighted by Gasteiger charge is -2.18. The molecule has 0 spiro atoms. The van der Waals surface area contributed by atoms with Gasteiger partial charge in [-0.25, -0.2) is 4.79 Å². The van der Waals surface area contributed by atoms with Crippen molar-refractivity contribution in [3.8, 4) is 5.69 Å². The number of hydrogen-bond acceptors (Lipinski definition) is 6. The average Bonchev–Trinajstić information content (AvgIpc) is 3.17. The normalized spacial score (nSPS) is 10.4. The zero-order valence-electron chi connectivity index (χ0n) is 14.0. The van der Waals surface area contributed by atoms with Crippen LogP contribution in [0.4, 0.5) is 5.69 Å². The van der Waals surface area contributed by atoms with Crippen LogP contribution in [0.25, 0.3) is 5.69 Å². The maximum Gasteiger partial charge on any atom is 0.339 e. The molecule has 1 heterocycles. The molecular formula is C17H14ClN5O3. The molecule has 0 fully saturated rings. The van der Waals surface area contributed by atoms with Crippen molar-refractivity contribution < 1.29 is 14.3 Å². The van der Waals surface area contributed by atoms with E-state index in [1.165, 1.54) is 23.9 Å². The van der Waals surface area contributed by atoms with Crippen LogP contribution in [0.5, 0.6) is 0 Å². The summed E-state index contributed by atoms with van der Waals surface area (Å²) in [4.78, 5) is 27.1. The van der Waals surface area contributed by atoms with Gasteiger partial charge in [-0.05, 0) is 41.6 Å². The minimum absolute atomic E-state index is 0.109. The van der Waals surface area contributed by atoms with E-state index in [9.17, 15) is 9.59 Å². The van der Waals surface area contributed by atoms with Crippen molar-refractivity contribution in [3.05, 3.63) is 64.9 Å². The van der Waals surface area contributed by atoms with Gasteiger partial charge < -0.3 is 9.64 Å². The van der Waals surface area contributed by atoms with Crippen molar-refractivity contribution >= 4 is 29.2 Å². The van der Waals surface area contributed by atoms with E-state index in [1.54, 1.807) is 48.5 Å². The number of halogens is 1. The van der Waals surface area contributed by atoms with Crippen molar-refractivity contribution in [1.82, 2.24) is 20.2 Å². The number of benzene rings is 2. The summed E-state index contributed by atoms with van der Waals surface area (Å²) in [6.45, 7) is 0. The number of esters is 1. The van der Waals surface area contributed by atoms with Crippen molar-refractivity contribution in [3.63, 3.8) is 0 Å². The maximum atomic E-state index is 12.7. The van der Waals surface area contributed by atoms with Crippen LogP contribution in [0.2, 0.25) is 5.02 Å². The van der Waals surface area contributed by atoms with E-state index < -0.39 is 11.9 Å². The van der Waals surface area contributed by atoms with Gasteiger partial charge in [0.15, 0.2) is 0 Å². The predicted molar refractivity (Wildman–Crippen MR) is 94.7 cm³/mol. The van der Waals surface area contributed by atoms with E-state index >= 15 is 0 Å². The summed E-state index contributed by atoms with van der Waals surface area (Å²) >= 11 is 5.85. The molecule has 1 amide bonds. The van der Waals surface area contributed by atoms with Crippen molar-refractivity contribution in [1.29, 1.82) is 0 Å². The van der Waals surface area contributed by atoms with Crippen LogP contribution in [0.1, 0.15) is 21.0 Å². The minimum atomic E-state index is -0.543. The number of methoxy groups -OCH3 is 1. The Balaban J connectivity index is 1.88. The molecule has 0 aliphatic rings. The summed E-state index contributed by atoms with van der Waals surface area (Å²) in [5.41, 5.74) is 1.25. The molecule has 0 N–H and O–H groups in total. The summed E-state index contributed by atoms with van der Waals surface area (Å²) in [5.74, 6) is -1.17. The van der Waals surface area contributed by atoms with Gasteiger partial charge in [-0.3, -0.25) is 4.79 Å². The number of rotatable bonds is 4. The van der Waals surface area contributed by atoms with Gasteiger partial charge in [0.2, 0.25) is 0 Å². The molecule has 0 unspecified atom stereocenters. The third-order valence-electron chi connectivity index (χ3n) is 3.64. The molecule has 0 bridgehead atoms. The van der Waals surface area contributed by atoms with E-state index in [1.807, 2.05) is 0 Å². The number of amides is 1. The zero-order valence-corrected chi connectivity index (χ0v) is 14.7. The summed E-state index contributed by atoms with van der Waals surface area (Å²) in [5, 5.41) is 12.3. The quantitative estimate of drug-likeness (QED) is 0.654. The second-order valence-electron chi connectivity index (χ2n) is 5.25. The Hall–Kier alpha value is -3.26. The highest BCUT2D eigenvalue weighted by atomic mass is 35.5. The molecule has 0 aliphatic heterocycles. The highest BCUT2D eigenvalue weighted by Crippen LogP contribution is 2.21. The largest absolute Gasteiger partial charge is 0.465 e. The van der Waals surface area contributed by atoms with Gasteiger partial charge in [0.1, 0.15) is 0 Å². The van der Waals surface area contributed by atoms with Gasteiger partial charge in [0.25, 0.3) is 11.7 Å². The number of para-hydroxylation sites is 1. The van der Waals surface area contributed by atoms with Crippen molar-refractivity contribution in [2.24, 2.45) is 0 Å². The summed E-state index contributed by atoms with van der Waals surface area (Å²) < 4.78 is 4.75. The lowest BCUT2D eigenvalue weighted by atomic mass is 10.1. The summed E-state index contributed by atoms with van der Waals surface area (Å²) in [6, 6.07) is 13.4. The van der Waals surface area contributed by atoms with Gasteiger partial charge in [-0.1, -0.05) is 23.7 Å². The first-order valence-corrected chi connectivity index (χ1v) is 7.90. The van der Waals surface area contributed by atoms with Crippen LogP contribution in [0, 0.1) is 0 Å². The summed E-state index contributed by atoms with van der Waals surface area (Å²) in [7, 11) is 2.80. The van der Waals surface area contributed by atoms with E-state index in [2.05, 4.69) is 15.4 Å². The number of ether oxygens (including phenoxy) is 1. The Labute approximate surface area is 153 Å². The van der Waals surface area contributed by atoms with Gasteiger partial charge in [0.05, 0.1) is 24.0 Å². The second kappa shape index (κ2) is 7.32. The van der Waals surface area contributed by atoms with Crippen molar-refractivity contribution in [2.75, 3.05) is 19.1 Å². The van der Waals surface area contributed by atoms with Crippen LogP contribution in [-0.2, 0) is 4.74 Å². The summed E-state index contributed by atoms with van der Waals surface area (Å²) in [6.07, 6.45) is 0. The van der Waals surface area contributed by atoms with Gasteiger partial charge in [-0.15, -0.1) is 15.0 Å². The van der Waals surface area contributed by atoms with E-state index in [0.29, 0.717) is 16.4 Å². The number of hydrogen-bond donors (Lipinski definition) is 0. The molecule has 3 rings (SSSR count). The minimum Gasteiger partial charge on any atom is -0.465 e. The molecule has 8 nitrogen and oxygen atoms in total. The van der Waals surface area contributed by atoms with Crippen LogP contribution < -0.4 is 4.90 Å². The molecule has 0 saturated carbocycles. The smallest absolute Gasteiger partial charge is 0.339 e. The van der Waals surface area contributed by atoms with Crippen LogP contribution >= 0.6 is 11.6 Å². The van der Waals surface area contributed by atoms with Gasteiger partial charge in [-0.2, -0.15) is 0 Å². The van der Waals surface area contributed by atoms with E-state index in [0.717, 1.165) is 0 Å². The van der Waals surface area contributed by atoms with Crippen LogP contribution in [0.15, 0.2) is 48.5 Å². The highest BCUT2D eigenvalue weighted by Gasteiger charge is 2.23. The number of carbonyl (C=O) groups excluding carboxylic acids is 2. The van der Waals surface area contributed by atoms with Crippen LogP contribution in [-0.4, -0.2) is 46.2 Å². The molecular weight excluding hydrogens is 358 g/mol. The monoisotopic (exact) mass is 371 g/mol. The molecule has 0 saturated heterocycles. The van der Waals surface area contributed by atoms with E-state index in [4.69, 9.17) is 16.3 Å². The fourth-order valence-electron chi connectivity index (χ4n) is 2.29. The molecule has 9 heteroatoms. The first kappa shape index (κ1) is 17.6. The van der Waals surface area contributed by atoms with E-state index in [-0.39, 0.29) is 11.4 Å². The van der Waals surface area contributed by atoms with Gasteiger partial charge >= 0.3 is 5.97 Å². The molecule has 3 aromatic rings. The standard InChI is InChI=1S/C17H14ClN5O3/c1-22(14-6-4-3-5-13(14)17(25)26-2)16(24)15-19-21-23(20-15)12-9-7-11(18)8-10-12/h3-10H,1-2H3. The van der Waals surface area contributed by atoms with Gasteiger partial charge in [0, 0.05) is 12.1 Å². The molecule has 2 aromatic carbocycles. The topological polar surface area (TPSA) is 90.2 Å². The fraction of sp³-hybridized carbons (Fsp3) is 0.118. The maximum absolute atomic E-state index is 12.7. The molecule has 132 valence electrons. The average molecular weight is 372 g/mol. The number of anilines is 1. The molecule has 0 atom stereocenters. The molecule has 1 aromatic heterocycles. The Morgan fingerprint density at radius 2 is 1.81 bits per heavy atom. The third-order valence-corrected chi connectivity index (χ3v) is 3.89. The fourth-order valence-corrected chi connectivity index (χ4v) is 2.42. The number of nitrogens with zero attached hydrogens (tertiary/aromatic N) is 5. The Bertz CT molecular complexity index is 955. The van der Waals surface area contributed by atoms with Crippen molar-refractivity contribution in [2.45, 2.75) is 0 Å². The second-order valence-corrected chi connectivity index (χ2v) is 5.69. The highest BCUT2D eigenvalue weighted by molar-refractivity contribution is 6.30. The number of tetrazole rings is 1. The third kappa shape index (κ3) is 3.40. The zero-order chi connectivity index (χ0) is 18.7. The molecule has 0 radical (unpaired) electrons. The number of aromatic nitrogens is 4. The number of carbonyl (C=O) groups is 2. The predicted octanol–water partition coefficient (Wildman–Crippen LogP) is 2.38. The molecule has 26 heavy (non-hydrogen) atoms. The first-order valence-electron chi connectivity index (χ1n) is 7.52. The Kier molecular flexibility index (Phi) is 4.94. The van der Waals surface area contributed by atoms with Crippen LogP contribution in [0.3, 0.4) is 0 Å². The first-order chi connectivity index (χ1) is 12.5. The Morgan fingerprint density at radius 1 is 1.12 bits per heavy atom.